The number of ether oxygens (including phenoxy) is 1. The highest BCUT2D eigenvalue weighted by Gasteiger charge is 2.17. The minimum atomic E-state index is -0.679. The van der Waals surface area contributed by atoms with Crippen LogP contribution in [-0.2, 0) is 16.1 Å². The van der Waals surface area contributed by atoms with Crippen molar-refractivity contribution in [2.45, 2.75) is 32.9 Å². The summed E-state index contributed by atoms with van der Waals surface area (Å²) in [6.07, 6.45) is 0.692. The van der Waals surface area contributed by atoms with Crippen molar-refractivity contribution >= 4 is 23.5 Å². The fourth-order valence-corrected chi connectivity index (χ4v) is 1.43. The van der Waals surface area contributed by atoms with Gasteiger partial charge in [-0.2, -0.15) is 5.10 Å². The quantitative estimate of drug-likeness (QED) is 0.601. The van der Waals surface area contributed by atoms with E-state index in [0.717, 1.165) is 0 Å². The first kappa shape index (κ1) is 16.8. The molecule has 2 amide bonds. The molecule has 0 fully saturated rings. The minimum absolute atomic E-state index is 0.112. The maximum atomic E-state index is 11.7. The lowest BCUT2D eigenvalue weighted by atomic mass is 10.2. The third-order valence-electron chi connectivity index (χ3n) is 2.26. The summed E-state index contributed by atoms with van der Waals surface area (Å²) in [4.78, 5) is 23.1. The molecule has 0 atom stereocenters. The van der Waals surface area contributed by atoms with Gasteiger partial charge in [0.2, 0.25) is 5.91 Å². The Morgan fingerprint density at radius 1 is 1.48 bits per heavy atom. The molecule has 1 heterocycles. The number of alkyl carbamates (subject to hydrolysis) is 1. The number of aromatic nitrogens is 2. The summed E-state index contributed by atoms with van der Waals surface area (Å²) in [5.74, 6) is -0.231. The fraction of sp³-hybridized carbons (Fsp3) is 0.583. The predicted octanol–water partition coefficient (Wildman–Crippen LogP) is -0.0792. The Hall–Kier alpha value is -2.29. The molecule has 0 bridgehead atoms. The highest BCUT2D eigenvalue weighted by atomic mass is 16.6. The molecule has 1 aromatic rings. The number of hydrogen-bond donors (Lipinski definition) is 4. The van der Waals surface area contributed by atoms with Crippen molar-refractivity contribution in [3.05, 3.63) is 6.20 Å². The van der Waals surface area contributed by atoms with Gasteiger partial charge in [0.1, 0.15) is 23.7 Å². The Balaban J connectivity index is 2.46. The van der Waals surface area contributed by atoms with Crippen molar-refractivity contribution in [3.8, 4) is 0 Å². The fourth-order valence-electron chi connectivity index (χ4n) is 1.43. The topological polar surface area (TPSA) is 132 Å². The van der Waals surface area contributed by atoms with E-state index in [4.69, 9.17) is 15.6 Å². The van der Waals surface area contributed by atoms with Crippen LogP contribution in [0.3, 0.4) is 0 Å². The Morgan fingerprint density at radius 2 is 2.14 bits per heavy atom. The van der Waals surface area contributed by atoms with Gasteiger partial charge in [0, 0.05) is 0 Å². The molecular formula is C12H21N5O4. The Labute approximate surface area is 122 Å². The van der Waals surface area contributed by atoms with Gasteiger partial charge in [-0.15, -0.1) is 0 Å². The van der Waals surface area contributed by atoms with Crippen LogP contribution in [0.15, 0.2) is 6.20 Å². The Morgan fingerprint density at radius 3 is 2.71 bits per heavy atom. The third-order valence-corrected chi connectivity index (χ3v) is 2.26. The number of aliphatic hydroxyl groups is 1. The molecule has 0 aliphatic heterocycles. The summed E-state index contributed by atoms with van der Waals surface area (Å²) >= 11 is 0. The molecular weight excluding hydrogens is 278 g/mol. The average molecular weight is 299 g/mol. The first-order valence-corrected chi connectivity index (χ1v) is 6.42. The molecule has 0 aliphatic rings. The lowest BCUT2D eigenvalue weighted by Crippen LogP contribution is -2.37. The van der Waals surface area contributed by atoms with Crippen LogP contribution in [0.1, 0.15) is 20.8 Å². The van der Waals surface area contributed by atoms with Gasteiger partial charge in [0.05, 0.1) is 19.3 Å². The van der Waals surface area contributed by atoms with E-state index < -0.39 is 17.6 Å². The van der Waals surface area contributed by atoms with E-state index in [1.54, 1.807) is 20.8 Å². The van der Waals surface area contributed by atoms with Crippen molar-refractivity contribution in [1.29, 1.82) is 0 Å². The van der Waals surface area contributed by atoms with Gasteiger partial charge in [0.25, 0.3) is 0 Å². The molecule has 1 rings (SSSR count). The molecule has 9 heteroatoms. The van der Waals surface area contributed by atoms with Crippen molar-refractivity contribution in [2.24, 2.45) is 0 Å². The lowest BCUT2D eigenvalue weighted by molar-refractivity contribution is -0.115. The van der Waals surface area contributed by atoms with Crippen LogP contribution < -0.4 is 16.4 Å². The number of rotatable bonds is 5. The number of nitrogens with zero attached hydrogens (tertiary/aromatic N) is 2. The van der Waals surface area contributed by atoms with E-state index in [1.165, 1.54) is 10.9 Å². The zero-order valence-corrected chi connectivity index (χ0v) is 12.3. The third kappa shape index (κ3) is 5.69. The average Bonchev–Trinajstić information content (AvgIpc) is 2.68. The summed E-state index contributed by atoms with van der Waals surface area (Å²) in [5.41, 5.74) is 5.43. The van der Waals surface area contributed by atoms with Gasteiger partial charge in [-0.25, -0.2) is 9.48 Å². The second kappa shape index (κ2) is 6.93. The van der Waals surface area contributed by atoms with Gasteiger partial charge in [0.15, 0.2) is 0 Å². The summed E-state index contributed by atoms with van der Waals surface area (Å²) in [5, 5.41) is 17.6. The first-order valence-electron chi connectivity index (χ1n) is 6.42. The Kier molecular flexibility index (Phi) is 5.53. The molecule has 9 nitrogen and oxygen atoms in total. The number of amides is 2. The van der Waals surface area contributed by atoms with E-state index in [1.807, 2.05) is 0 Å². The molecule has 0 unspecified atom stereocenters. The summed E-state index contributed by atoms with van der Waals surface area (Å²) in [6.45, 7) is 5.05. The van der Waals surface area contributed by atoms with Crippen molar-refractivity contribution in [2.75, 3.05) is 24.2 Å². The maximum absolute atomic E-state index is 11.7. The zero-order valence-electron chi connectivity index (χ0n) is 12.3. The number of nitrogen functional groups attached to an aromatic ring is 1. The molecule has 21 heavy (non-hydrogen) atoms. The number of nitrogens with one attached hydrogen (secondary N) is 2. The van der Waals surface area contributed by atoms with Crippen molar-refractivity contribution < 1.29 is 19.4 Å². The normalized spacial score (nSPS) is 11.0. The molecule has 0 saturated heterocycles. The van der Waals surface area contributed by atoms with Crippen LogP contribution in [0.25, 0.3) is 0 Å². The molecule has 1 aromatic heterocycles. The van der Waals surface area contributed by atoms with Gasteiger partial charge < -0.3 is 26.2 Å². The zero-order chi connectivity index (χ0) is 16.0. The number of hydrogen-bond acceptors (Lipinski definition) is 6. The summed E-state index contributed by atoms with van der Waals surface area (Å²) < 4.78 is 6.36. The molecule has 0 aromatic carbocycles. The van der Waals surface area contributed by atoms with E-state index in [-0.39, 0.29) is 25.5 Å². The first-order chi connectivity index (χ1) is 9.73. The summed E-state index contributed by atoms with van der Waals surface area (Å²) in [6, 6.07) is 0. The molecule has 0 saturated carbocycles. The number of anilines is 2. The van der Waals surface area contributed by atoms with Gasteiger partial charge in [-0.05, 0) is 20.8 Å². The molecule has 118 valence electrons. The molecule has 0 aliphatic carbocycles. The smallest absolute Gasteiger partial charge is 0.408 e. The largest absolute Gasteiger partial charge is 0.444 e. The second-order valence-electron chi connectivity index (χ2n) is 5.29. The minimum Gasteiger partial charge on any atom is -0.444 e. The van der Waals surface area contributed by atoms with Crippen LogP contribution in [0, 0.1) is 0 Å². The summed E-state index contributed by atoms with van der Waals surface area (Å²) in [7, 11) is 0. The van der Waals surface area contributed by atoms with Crippen molar-refractivity contribution in [1.82, 2.24) is 15.1 Å². The number of carbonyl (C=O) groups excluding carboxylic acids is 2. The van der Waals surface area contributed by atoms with E-state index in [2.05, 4.69) is 15.7 Å². The van der Waals surface area contributed by atoms with E-state index >= 15 is 0 Å². The Bertz CT molecular complexity index is 506. The van der Waals surface area contributed by atoms with Crippen LogP contribution >= 0.6 is 0 Å². The number of nitrogens with two attached hydrogens (primary N) is 1. The van der Waals surface area contributed by atoms with Gasteiger partial charge in [-0.1, -0.05) is 0 Å². The van der Waals surface area contributed by atoms with Crippen LogP contribution in [0.2, 0.25) is 0 Å². The SMILES string of the molecule is CC(C)(C)OC(=O)NCC(=O)Nc1cnn(CCO)c1N. The van der Waals surface area contributed by atoms with E-state index in [0.29, 0.717) is 5.69 Å². The number of aliphatic hydroxyl groups excluding tert-OH is 1. The molecule has 0 spiro atoms. The molecule has 5 N–H and O–H groups in total. The van der Waals surface area contributed by atoms with Crippen molar-refractivity contribution in [3.63, 3.8) is 0 Å². The van der Waals surface area contributed by atoms with Crippen LogP contribution in [-0.4, -0.2) is 45.6 Å². The lowest BCUT2D eigenvalue weighted by Gasteiger charge is -2.19. The standard InChI is InChI=1S/C12H21N5O4/c1-12(2,3)21-11(20)14-7-9(19)16-8-6-15-17(4-5-18)10(8)13/h6,18H,4-5,7,13H2,1-3H3,(H,14,20)(H,16,19). The van der Waals surface area contributed by atoms with Crippen LogP contribution in [0.5, 0.6) is 0 Å². The highest BCUT2D eigenvalue weighted by molar-refractivity contribution is 5.95. The molecule has 0 radical (unpaired) electrons. The van der Waals surface area contributed by atoms with E-state index in [9.17, 15) is 9.59 Å². The van der Waals surface area contributed by atoms with Gasteiger partial charge >= 0.3 is 6.09 Å². The predicted molar refractivity (Wildman–Crippen MR) is 76.6 cm³/mol. The highest BCUT2D eigenvalue weighted by Crippen LogP contribution is 2.16. The van der Waals surface area contributed by atoms with Gasteiger partial charge in [-0.3, -0.25) is 4.79 Å². The van der Waals surface area contributed by atoms with Crippen LogP contribution in [0.4, 0.5) is 16.3 Å². The number of carbonyl (C=O) groups is 2. The monoisotopic (exact) mass is 299 g/mol. The maximum Gasteiger partial charge on any atom is 0.408 e. The second-order valence-corrected chi connectivity index (χ2v) is 5.29.